The Hall–Kier alpha value is -0.860. The van der Waals surface area contributed by atoms with E-state index < -0.39 is 0 Å². The smallest absolute Gasteiger partial charge is 0.0572 e. The molecule has 0 aliphatic heterocycles. The van der Waals surface area contributed by atoms with Crippen LogP contribution in [0.25, 0.3) is 0 Å². The van der Waals surface area contributed by atoms with E-state index in [2.05, 4.69) is 29.6 Å². The SMILES string of the molecule is COC1CCC(NC2CCc3ccccc3C2)CC1. The number of nitrogens with one attached hydrogen (secondary N) is 1. The summed E-state index contributed by atoms with van der Waals surface area (Å²) in [5.41, 5.74) is 3.11. The predicted molar refractivity (Wildman–Crippen MR) is 78.4 cm³/mol. The van der Waals surface area contributed by atoms with Crippen molar-refractivity contribution in [2.24, 2.45) is 0 Å². The van der Waals surface area contributed by atoms with Crippen LogP contribution in [0, 0.1) is 0 Å². The molecule has 0 radical (unpaired) electrons. The van der Waals surface area contributed by atoms with Crippen LogP contribution in [0.2, 0.25) is 0 Å². The van der Waals surface area contributed by atoms with Gasteiger partial charge in [-0.2, -0.15) is 0 Å². The number of aryl methyl sites for hydroxylation is 1. The number of hydrogen-bond donors (Lipinski definition) is 1. The second kappa shape index (κ2) is 6.06. The third kappa shape index (κ3) is 3.18. The maximum Gasteiger partial charge on any atom is 0.0572 e. The number of fused-ring (bicyclic) bond motifs is 1. The summed E-state index contributed by atoms with van der Waals surface area (Å²) in [7, 11) is 1.84. The van der Waals surface area contributed by atoms with Crippen LogP contribution in [0.5, 0.6) is 0 Å². The molecule has 104 valence electrons. The van der Waals surface area contributed by atoms with Gasteiger partial charge >= 0.3 is 0 Å². The molecule has 1 N–H and O–H groups in total. The number of ether oxygens (including phenoxy) is 1. The average Bonchev–Trinajstić information content (AvgIpc) is 2.48. The fourth-order valence-corrected chi connectivity index (χ4v) is 3.64. The highest BCUT2D eigenvalue weighted by molar-refractivity contribution is 5.30. The summed E-state index contributed by atoms with van der Waals surface area (Å²) in [6, 6.07) is 10.3. The van der Waals surface area contributed by atoms with E-state index in [4.69, 9.17) is 4.74 Å². The minimum Gasteiger partial charge on any atom is -0.381 e. The molecular formula is C17H25NO. The van der Waals surface area contributed by atoms with Crippen LogP contribution in [0.15, 0.2) is 24.3 Å². The molecule has 0 spiro atoms. The zero-order valence-electron chi connectivity index (χ0n) is 11.9. The Morgan fingerprint density at radius 3 is 2.42 bits per heavy atom. The topological polar surface area (TPSA) is 21.3 Å². The van der Waals surface area contributed by atoms with Crippen molar-refractivity contribution in [2.75, 3.05) is 7.11 Å². The molecule has 1 aromatic rings. The van der Waals surface area contributed by atoms with Gasteiger partial charge in [0.2, 0.25) is 0 Å². The molecule has 0 heterocycles. The average molecular weight is 259 g/mol. The van der Waals surface area contributed by atoms with Gasteiger partial charge in [-0.05, 0) is 56.1 Å². The molecule has 0 saturated heterocycles. The Kier molecular flexibility index (Phi) is 4.19. The van der Waals surface area contributed by atoms with Crippen molar-refractivity contribution >= 4 is 0 Å². The van der Waals surface area contributed by atoms with Crippen LogP contribution < -0.4 is 5.32 Å². The van der Waals surface area contributed by atoms with Crippen LogP contribution in [0.1, 0.15) is 43.2 Å². The number of hydrogen-bond acceptors (Lipinski definition) is 2. The highest BCUT2D eigenvalue weighted by Gasteiger charge is 2.25. The Morgan fingerprint density at radius 1 is 0.947 bits per heavy atom. The highest BCUT2D eigenvalue weighted by atomic mass is 16.5. The zero-order valence-corrected chi connectivity index (χ0v) is 11.9. The van der Waals surface area contributed by atoms with Gasteiger partial charge in [0.05, 0.1) is 6.10 Å². The van der Waals surface area contributed by atoms with Gasteiger partial charge < -0.3 is 10.1 Å². The minimum atomic E-state index is 0.505. The van der Waals surface area contributed by atoms with Crippen molar-refractivity contribution in [3.63, 3.8) is 0 Å². The summed E-state index contributed by atoms with van der Waals surface area (Å²) in [6.07, 6.45) is 9.23. The largest absolute Gasteiger partial charge is 0.381 e. The van der Waals surface area contributed by atoms with Crippen molar-refractivity contribution in [1.82, 2.24) is 5.32 Å². The molecule has 19 heavy (non-hydrogen) atoms. The van der Waals surface area contributed by atoms with Gasteiger partial charge in [0, 0.05) is 19.2 Å². The highest BCUT2D eigenvalue weighted by Crippen LogP contribution is 2.25. The minimum absolute atomic E-state index is 0.505. The first-order valence-electron chi connectivity index (χ1n) is 7.71. The normalized spacial score (nSPS) is 30.9. The van der Waals surface area contributed by atoms with Crippen LogP contribution in [-0.4, -0.2) is 25.3 Å². The Bertz CT molecular complexity index is 409. The van der Waals surface area contributed by atoms with Crippen molar-refractivity contribution in [1.29, 1.82) is 0 Å². The van der Waals surface area contributed by atoms with E-state index in [0.29, 0.717) is 18.2 Å². The van der Waals surface area contributed by atoms with Gasteiger partial charge in [-0.15, -0.1) is 0 Å². The van der Waals surface area contributed by atoms with Gasteiger partial charge in [0.25, 0.3) is 0 Å². The summed E-state index contributed by atoms with van der Waals surface area (Å²) >= 11 is 0. The lowest BCUT2D eigenvalue weighted by atomic mass is 9.86. The van der Waals surface area contributed by atoms with Crippen LogP contribution in [-0.2, 0) is 17.6 Å². The van der Waals surface area contributed by atoms with Crippen molar-refractivity contribution in [3.8, 4) is 0 Å². The molecule has 2 heteroatoms. The first kappa shape index (κ1) is 13.1. The lowest BCUT2D eigenvalue weighted by Gasteiger charge is -2.33. The Morgan fingerprint density at radius 2 is 1.68 bits per heavy atom. The van der Waals surface area contributed by atoms with Gasteiger partial charge in [0.1, 0.15) is 0 Å². The van der Waals surface area contributed by atoms with Crippen LogP contribution in [0.3, 0.4) is 0 Å². The first-order valence-corrected chi connectivity index (χ1v) is 7.71. The summed E-state index contributed by atoms with van der Waals surface area (Å²) in [5, 5.41) is 3.89. The summed E-state index contributed by atoms with van der Waals surface area (Å²) < 4.78 is 5.45. The fourth-order valence-electron chi connectivity index (χ4n) is 3.64. The summed E-state index contributed by atoms with van der Waals surface area (Å²) in [4.78, 5) is 0. The maximum atomic E-state index is 5.45. The molecule has 0 amide bonds. The number of benzene rings is 1. The molecule has 3 rings (SSSR count). The lowest BCUT2D eigenvalue weighted by molar-refractivity contribution is 0.0608. The first-order chi connectivity index (χ1) is 9.35. The van der Waals surface area contributed by atoms with E-state index >= 15 is 0 Å². The van der Waals surface area contributed by atoms with E-state index in [-0.39, 0.29) is 0 Å². The second-order valence-electron chi connectivity index (χ2n) is 6.08. The maximum absolute atomic E-state index is 5.45. The number of methoxy groups -OCH3 is 1. The standard InChI is InChI=1S/C17H25NO/c1-19-17-10-8-15(9-11-17)18-16-7-6-13-4-2-3-5-14(13)12-16/h2-5,15-18H,6-12H2,1H3. The molecule has 1 aromatic carbocycles. The molecule has 2 aliphatic rings. The Balaban J connectivity index is 1.52. The van der Waals surface area contributed by atoms with Gasteiger partial charge in [0.15, 0.2) is 0 Å². The van der Waals surface area contributed by atoms with Gasteiger partial charge in [-0.1, -0.05) is 24.3 Å². The van der Waals surface area contributed by atoms with Gasteiger partial charge in [-0.25, -0.2) is 0 Å². The van der Waals surface area contributed by atoms with E-state index in [9.17, 15) is 0 Å². The molecule has 2 nitrogen and oxygen atoms in total. The zero-order chi connectivity index (χ0) is 13.1. The molecule has 0 aromatic heterocycles. The monoisotopic (exact) mass is 259 g/mol. The lowest BCUT2D eigenvalue weighted by Crippen LogP contribution is -2.44. The second-order valence-corrected chi connectivity index (χ2v) is 6.08. The molecular weight excluding hydrogens is 234 g/mol. The van der Waals surface area contributed by atoms with Crippen molar-refractivity contribution < 1.29 is 4.74 Å². The van der Waals surface area contributed by atoms with Crippen LogP contribution >= 0.6 is 0 Å². The third-order valence-electron chi connectivity index (χ3n) is 4.83. The Labute approximate surface area is 116 Å². The fraction of sp³-hybridized carbons (Fsp3) is 0.647. The molecule has 1 unspecified atom stereocenters. The van der Waals surface area contributed by atoms with E-state index in [1.165, 1.54) is 44.9 Å². The van der Waals surface area contributed by atoms with E-state index in [1.807, 2.05) is 7.11 Å². The van der Waals surface area contributed by atoms with Crippen molar-refractivity contribution in [3.05, 3.63) is 35.4 Å². The van der Waals surface area contributed by atoms with Crippen molar-refractivity contribution in [2.45, 2.75) is 63.1 Å². The van der Waals surface area contributed by atoms with E-state index in [0.717, 1.165) is 0 Å². The molecule has 0 bridgehead atoms. The quantitative estimate of drug-likeness (QED) is 0.900. The molecule has 2 aliphatic carbocycles. The van der Waals surface area contributed by atoms with Crippen LogP contribution in [0.4, 0.5) is 0 Å². The predicted octanol–water partition coefficient (Wildman–Crippen LogP) is 3.09. The third-order valence-corrected chi connectivity index (χ3v) is 4.83. The molecule has 1 atom stereocenters. The summed E-state index contributed by atoms with van der Waals surface area (Å²) in [6.45, 7) is 0. The van der Waals surface area contributed by atoms with E-state index in [1.54, 1.807) is 11.1 Å². The van der Waals surface area contributed by atoms with Gasteiger partial charge in [-0.3, -0.25) is 0 Å². The number of rotatable bonds is 3. The molecule has 1 fully saturated rings. The molecule has 1 saturated carbocycles. The summed E-state index contributed by atoms with van der Waals surface area (Å²) in [5.74, 6) is 0.